The fraction of sp³-hybridized carbons (Fsp3) is 0.0769. The average molecular weight is 477 g/mol. The molecule has 0 atom stereocenters. The average Bonchev–Trinajstić information content (AvgIpc) is 2.76. The Morgan fingerprint density at radius 3 is 2.48 bits per heavy atom. The zero-order valence-corrected chi connectivity index (χ0v) is 15.3. The molecule has 0 aliphatic rings. The Labute approximate surface area is 144 Å². The van der Waals surface area contributed by atoms with Crippen molar-refractivity contribution in [1.82, 2.24) is 15.0 Å². The Bertz CT molecular complexity index is 871. The van der Waals surface area contributed by atoms with E-state index in [9.17, 15) is 4.79 Å². The second-order valence-corrected chi connectivity index (χ2v) is 7.02. The summed E-state index contributed by atoms with van der Waals surface area (Å²) in [5.74, 6) is 0. The molecular weight excluding hydrogens is 468 g/mol. The third-order valence-electron chi connectivity index (χ3n) is 2.93. The number of fused-ring (bicyclic) bond motifs is 1. The molecule has 0 spiro atoms. The van der Waals surface area contributed by atoms with Crippen molar-refractivity contribution in [1.29, 1.82) is 0 Å². The molecule has 0 fully saturated rings. The number of rotatable bonds is 3. The predicted octanol–water partition coefficient (Wildman–Crippen LogP) is 4.15. The summed E-state index contributed by atoms with van der Waals surface area (Å²) in [5, 5.41) is 3.30. The van der Waals surface area contributed by atoms with Gasteiger partial charge in [-0.3, -0.25) is 4.98 Å². The number of imidazole rings is 1. The van der Waals surface area contributed by atoms with Gasteiger partial charge in [-0.25, -0.2) is 4.79 Å². The van der Waals surface area contributed by atoms with Crippen LogP contribution in [0.1, 0.15) is 5.69 Å². The molecule has 21 heavy (non-hydrogen) atoms. The summed E-state index contributed by atoms with van der Waals surface area (Å²) in [6.07, 6.45) is 1.75. The van der Waals surface area contributed by atoms with E-state index in [2.05, 4.69) is 68.1 Å². The highest BCUT2D eigenvalue weighted by Gasteiger charge is 2.07. The Morgan fingerprint density at radius 2 is 1.76 bits per heavy atom. The Hall–Kier alpha value is -1.12. The van der Waals surface area contributed by atoms with Crippen LogP contribution in [0.4, 0.5) is 5.69 Å². The van der Waals surface area contributed by atoms with Crippen molar-refractivity contribution in [3.63, 3.8) is 0 Å². The SMILES string of the molecule is O=c1[nH]c2cc(Br)c(NCc3ncc(Br)cc3Br)cc2[nH]1. The van der Waals surface area contributed by atoms with E-state index < -0.39 is 0 Å². The second-order valence-electron chi connectivity index (χ2n) is 4.39. The quantitative estimate of drug-likeness (QED) is 0.531. The van der Waals surface area contributed by atoms with Gasteiger partial charge >= 0.3 is 5.69 Å². The Morgan fingerprint density at radius 1 is 1.05 bits per heavy atom. The highest BCUT2D eigenvalue weighted by atomic mass is 79.9. The molecule has 0 radical (unpaired) electrons. The molecule has 3 N–H and O–H groups in total. The van der Waals surface area contributed by atoms with E-state index in [1.165, 1.54) is 0 Å². The number of halogens is 3. The number of aromatic amines is 2. The lowest BCUT2D eigenvalue weighted by Gasteiger charge is -2.10. The van der Waals surface area contributed by atoms with Crippen LogP contribution in [0, 0.1) is 0 Å². The molecule has 0 aliphatic carbocycles. The molecule has 0 bridgehead atoms. The maximum absolute atomic E-state index is 11.3. The van der Waals surface area contributed by atoms with Gasteiger partial charge in [0.05, 0.1) is 29.0 Å². The highest BCUT2D eigenvalue weighted by molar-refractivity contribution is 9.11. The number of H-pyrrole nitrogens is 2. The first-order valence-corrected chi connectivity index (χ1v) is 8.36. The normalized spacial score (nSPS) is 11.0. The molecular formula is C13H9Br3N4O. The van der Waals surface area contributed by atoms with Crippen LogP contribution < -0.4 is 11.0 Å². The maximum Gasteiger partial charge on any atom is 0.323 e. The summed E-state index contributed by atoms with van der Waals surface area (Å²) >= 11 is 10.4. The van der Waals surface area contributed by atoms with E-state index in [4.69, 9.17) is 0 Å². The van der Waals surface area contributed by atoms with Crippen molar-refractivity contribution in [3.05, 3.63) is 54.0 Å². The monoisotopic (exact) mass is 474 g/mol. The first-order chi connectivity index (χ1) is 10.0. The molecule has 2 aromatic heterocycles. The highest BCUT2D eigenvalue weighted by Crippen LogP contribution is 2.27. The molecule has 0 unspecified atom stereocenters. The number of benzene rings is 1. The van der Waals surface area contributed by atoms with E-state index in [0.29, 0.717) is 6.54 Å². The van der Waals surface area contributed by atoms with Crippen LogP contribution in [0.2, 0.25) is 0 Å². The van der Waals surface area contributed by atoms with Crippen LogP contribution >= 0.6 is 47.8 Å². The summed E-state index contributed by atoms with van der Waals surface area (Å²) < 4.78 is 2.72. The lowest BCUT2D eigenvalue weighted by molar-refractivity contribution is 1.03. The van der Waals surface area contributed by atoms with Gasteiger partial charge in [-0.05, 0) is 66.0 Å². The summed E-state index contributed by atoms with van der Waals surface area (Å²) in [4.78, 5) is 21.1. The van der Waals surface area contributed by atoms with Crippen molar-refractivity contribution in [2.24, 2.45) is 0 Å². The third-order valence-corrected chi connectivity index (χ3v) is 4.71. The zero-order valence-electron chi connectivity index (χ0n) is 10.5. The predicted molar refractivity (Wildman–Crippen MR) is 93.6 cm³/mol. The van der Waals surface area contributed by atoms with Crippen LogP contribution in [0.3, 0.4) is 0 Å². The smallest absolute Gasteiger partial charge is 0.323 e. The van der Waals surface area contributed by atoms with Crippen LogP contribution in [0.5, 0.6) is 0 Å². The fourth-order valence-electron chi connectivity index (χ4n) is 1.94. The standard InChI is InChI=1S/C13H9Br3N4O/c14-6-1-7(15)12(17-4-6)5-18-9-3-11-10(2-8(9)16)19-13(21)20-11/h1-4,18H,5H2,(H2,19,20,21). The molecule has 0 saturated heterocycles. The molecule has 108 valence electrons. The molecule has 5 nitrogen and oxygen atoms in total. The Kier molecular flexibility index (Phi) is 4.19. The molecule has 2 heterocycles. The molecule has 0 amide bonds. The minimum absolute atomic E-state index is 0.216. The van der Waals surface area contributed by atoms with Crippen LogP contribution in [0.15, 0.2) is 42.6 Å². The molecule has 3 rings (SSSR count). The summed E-state index contributed by atoms with van der Waals surface area (Å²) in [6, 6.07) is 5.69. The third kappa shape index (κ3) is 3.22. The summed E-state index contributed by atoms with van der Waals surface area (Å²) in [6.45, 7) is 0.562. The summed E-state index contributed by atoms with van der Waals surface area (Å²) in [7, 11) is 0. The number of anilines is 1. The number of nitrogens with one attached hydrogen (secondary N) is 3. The molecule has 1 aromatic carbocycles. The van der Waals surface area contributed by atoms with Crippen LogP contribution in [-0.4, -0.2) is 15.0 Å². The van der Waals surface area contributed by atoms with Crippen molar-refractivity contribution < 1.29 is 0 Å². The Balaban J connectivity index is 1.87. The first kappa shape index (κ1) is 14.8. The number of hydrogen-bond acceptors (Lipinski definition) is 3. The van der Waals surface area contributed by atoms with Crippen LogP contribution in [-0.2, 0) is 6.54 Å². The number of aromatic nitrogens is 3. The minimum atomic E-state index is -0.216. The van der Waals surface area contributed by atoms with Crippen molar-refractivity contribution in [3.8, 4) is 0 Å². The van der Waals surface area contributed by atoms with Gasteiger partial charge in [-0.2, -0.15) is 0 Å². The van der Waals surface area contributed by atoms with Gasteiger partial charge in [-0.1, -0.05) is 0 Å². The van der Waals surface area contributed by atoms with Gasteiger partial charge in [0, 0.05) is 19.6 Å². The zero-order chi connectivity index (χ0) is 15.0. The van der Waals surface area contributed by atoms with E-state index in [1.807, 2.05) is 18.2 Å². The van der Waals surface area contributed by atoms with Crippen molar-refractivity contribution in [2.45, 2.75) is 6.54 Å². The van der Waals surface area contributed by atoms with Gasteiger partial charge in [0.1, 0.15) is 0 Å². The van der Waals surface area contributed by atoms with Gasteiger partial charge < -0.3 is 15.3 Å². The molecule has 8 heteroatoms. The lowest BCUT2D eigenvalue weighted by atomic mass is 10.2. The molecule has 3 aromatic rings. The van der Waals surface area contributed by atoms with Crippen LogP contribution in [0.25, 0.3) is 11.0 Å². The lowest BCUT2D eigenvalue weighted by Crippen LogP contribution is -2.03. The van der Waals surface area contributed by atoms with Gasteiger partial charge in [0.2, 0.25) is 0 Å². The molecule has 0 saturated carbocycles. The van der Waals surface area contributed by atoms with E-state index >= 15 is 0 Å². The minimum Gasteiger partial charge on any atom is -0.378 e. The number of hydrogen-bond donors (Lipinski definition) is 3. The second kappa shape index (κ2) is 5.94. The fourth-order valence-corrected chi connectivity index (χ4v) is 3.55. The number of nitrogens with zero attached hydrogens (tertiary/aromatic N) is 1. The van der Waals surface area contributed by atoms with E-state index in [-0.39, 0.29) is 5.69 Å². The topological polar surface area (TPSA) is 73.6 Å². The van der Waals surface area contributed by atoms with Gasteiger partial charge in [0.15, 0.2) is 0 Å². The van der Waals surface area contributed by atoms with E-state index in [1.54, 1.807) is 6.20 Å². The van der Waals surface area contributed by atoms with Crippen molar-refractivity contribution in [2.75, 3.05) is 5.32 Å². The van der Waals surface area contributed by atoms with Gasteiger partial charge in [0.25, 0.3) is 0 Å². The van der Waals surface area contributed by atoms with Gasteiger partial charge in [-0.15, -0.1) is 0 Å². The first-order valence-electron chi connectivity index (χ1n) is 5.98. The summed E-state index contributed by atoms with van der Waals surface area (Å²) in [5.41, 5.74) is 3.09. The van der Waals surface area contributed by atoms with Crippen molar-refractivity contribution >= 4 is 64.5 Å². The van der Waals surface area contributed by atoms with E-state index in [0.717, 1.165) is 35.8 Å². The molecule has 0 aliphatic heterocycles. The largest absolute Gasteiger partial charge is 0.378 e. The number of pyridine rings is 1. The maximum atomic E-state index is 11.3.